The molecule has 1 aromatic carbocycles. The van der Waals surface area contributed by atoms with Gasteiger partial charge >= 0.3 is 0 Å². The van der Waals surface area contributed by atoms with Crippen molar-refractivity contribution in [3.05, 3.63) is 35.9 Å². The van der Waals surface area contributed by atoms with Crippen LogP contribution in [-0.2, 0) is 11.3 Å². The van der Waals surface area contributed by atoms with E-state index in [1.165, 1.54) is 24.8 Å². The number of hydrogen-bond donors (Lipinski definition) is 0. The summed E-state index contributed by atoms with van der Waals surface area (Å²) in [4.78, 5) is 0. The van der Waals surface area contributed by atoms with Crippen LogP contribution in [0.4, 0.5) is 0 Å². The van der Waals surface area contributed by atoms with Crippen molar-refractivity contribution in [2.24, 2.45) is 11.3 Å². The Hall–Kier alpha value is -0.530. The smallest absolute Gasteiger partial charge is 0.0716 e. The van der Waals surface area contributed by atoms with Crippen molar-refractivity contribution in [1.29, 1.82) is 0 Å². The molecule has 1 aliphatic rings. The first-order valence-corrected chi connectivity index (χ1v) is 7.45. The van der Waals surface area contributed by atoms with Gasteiger partial charge in [-0.05, 0) is 42.6 Å². The fraction of sp³-hybridized carbons (Fsp3) is 0.625. The Morgan fingerprint density at radius 1 is 1.28 bits per heavy atom. The Morgan fingerprint density at radius 3 is 2.61 bits per heavy atom. The zero-order chi connectivity index (χ0) is 12.8. The molecule has 0 aliphatic heterocycles. The molecule has 0 N–H and O–H groups in total. The summed E-state index contributed by atoms with van der Waals surface area (Å²) in [5, 5.41) is 0. The van der Waals surface area contributed by atoms with Crippen molar-refractivity contribution in [2.45, 2.75) is 39.2 Å². The maximum absolute atomic E-state index is 6.09. The van der Waals surface area contributed by atoms with Crippen molar-refractivity contribution >= 4 is 11.6 Å². The Balaban J connectivity index is 1.59. The van der Waals surface area contributed by atoms with E-state index in [2.05, 4.69) is 31.2 Å². The average molecular weight is 267 g/mol. The van der Waals surface area contributed by atoms with E-state index in [1.54, 1.807) is 0 Å². The van der Waals surface area contributed by atoms with E-state index in [1.807, 2.05) is 6.07 Å². The van der Waals surface area contributed by atoms with Gasteiger partial charge in [-0.2, -0.15) is 0 Å². The molecular formula is C16H23ClO. The molecule has 0 atom stereocenters. The predicted molar refractivity (Wildman–Crippen MR) is 76.9 cm³/mol. The molecule has 2 rings (SSSR count). The molecule has 0 saturated heterocycles. The summed E-state index contributed by atoms with van der Waals surface area (Å²) in [5.41, 5.74) is 1.68. The first kappa shape index (κ1) is 13.9. The normalized spacial score (nSPS) is 26.9. The van der Waals surface area contributed by atoms with Gasteiger partial charge in [0.2, 0.25) is 0 Å². The van der Waals surface area contributed by atoms with Crippen LogP contribution in [0.15, 0.2) is 30.3 Å². The standard InChI is InChI=1S/C16H23ClO/c1-14-10-16(11-14,13-17)8-5-9-18-12-15-6-3-2-4-7-15/h2-4,6-7,14H,5,8-13H2,1H3. The maximum Gasteiger partial charge on any atom is 0.0716 e. The summed E-state index contributed by atoms with van der Waals surface area (Å²) in [6.45, 7) is 3.89. The molecule has 0 heterocycles. The third kappa shape index (κ3) is 3.73. The maximum atomic E-state index is 6.09. The van der Waals surface area contributed by atoms with Gasteiger partial charge in [-0.1, -0.05) is 37.3 Å². The van der Waals surface area contributed by atoms with E-state index in [4.69, 9.17) is 16.3 Å². The van der Waals surface area contributed by atoms with Gasteiger partial charge < -0.3 is 4.74 Å². The second kappa shape index (κ2) is 6.58. The number of ether oxygens (including phenoxy) is 1. The van der Waals surface area contributed by atoms with Crippen molar-refractivity contribution in [2.75, 3.05) is 12.5 Å². The van der Waals surface area contributed by atoms with E-state index >= 15 is 0 Å². The first-order chi connectivity index (χ1) is 8.74. The highest BCUT2D eigenvalue weighted by molar-refractivity contribution is 6.18. The van der Waals surface area contributed by atoms with Gasteiger partial charge in [-0.15, -0.1) is 11.6 Å². The summed E-state index contributed by atoms with van der Waals surface area (Å²) in [6, 6.07) is 10.3. The van der Waals surface area contributed by atoms with Crippen LogP contribution in [-0.4, -0.2) is 12.5 Å². The molecule has 0 spiro atoms. The zero-order valence-corrected chi connectivity index (χ0v) is 12.0. The number of benzene rings is 1. The zero-order valence-electron chi connectivity index (χ0n) is 11.2. The van der Waals surface area contributed by atoms with Crippen LogP contribution in [0.5, 0.6) is 0 Å². The van der Waals surface area contributed by atoms with Crippen molar-refractivity contribution in [3.63, 3.8) is 0 Å². The van der Waals surface area contributed by atoms with Gasteiger partial charge in [-0.3, -0.25) is 0 Å². The molecule has 18 heavy (non-hydrogen) atoms. The number of halogens is 1. The molecule has 0 amide bonds. The van der Waals surface area contributed by atoms with E-state index in [-0.39, 0.29) is 0 Å². The molecule has 0 bridgehead atoms. The highest BCUT2D eigenvalue weighted by atomic mass is 35.5. The molecule has 100 valence electrons. The van der Waals surface area contributed by atoms with Crippen LogP contribution in [0.1, 0.15) is 38.2 Å². The van der Waals surface area contributed by atoms with E-state index < -0.39 is 0 Å². The van der Waals surface area contributed by atoms with Crippen molar-refractivity contribution in [3.8, 4) is 0 Å². The first-order valence-electron chi connectivity index (χ1n) is 6.92. The lowest BCUT2D eigenvalue weighted by molar-refractivity contribution is 0.0554. The quantitative estimate of drug-likeness (QED) is 0.516. The fourth-order valence-corrected chi connectivity index (χ4v) is 3.46. The lowest BCUT2D eigenvalue weighted by Crippen LogP contribution is -2.37. The Morgan fingerprint density at radius 2 is 2.00 bits per heavy atom. The minimum absolute atomic E-state index is 0.428. The van der Waals surface area contributed by atoms with Crippen LogP contribution in [0.2, 0.25) is 0 Å². The van der Waals surface area contributed by atoms with Crippen LogP contribution in [0, 0.1) is 11.3 Å². The molecule has 0 unspecified atom stereocenters. The second-order valence-electron chi connectivity index (χ2n) is 5.79. The average Bonchev–Trinajstić information content (AvgIpc) is 2.37. The summed E-state index contributed by atoms with van der Waals surface area (Å²) >= 11 is 6.09. The minimum atomic E-state index is 0.428. The summed E-state index contributed by atoms with van der Waals surface area (Å²) in [5.74, 6) is 1.68. The Bertz CT molecular complexity index is 343. The molecule has 1 nitrogen and oxygen atoms in total. The monoisotopic (exact) mass is 266 g/mol. The third-order valence-electron chi connectivity index (χ3n) is 3.95. The van der Waals surface area contributed by atoms with Gasteiger partial charge in [0.15, 0.2) is 0 Å². The molecule has 2 heteroatoms. The van der Waals surface area contributed by atoms with E-state index in [0.717, 1.165) is 31.4 Å². The summed E-state index contributed by atoms with van der Waals surface area (Å²) in [6.07, 6.45) is 4.95. The lowest BCUT2D eigenvalue weighted by Gasteiger charge is -2.45. The fourth-order valence-electron chi connectivity index (χ4n) is 3.11. The van der Waals surface area contributed by atoms with Gasteiger partial charge in [0.25, 0.3) is 0 Å². The number of rotatable bonds is 7. The molecule has 1 fully saturated rings. The second-order valence-corrected chi connectivity index (χ2v) is 6.06. The van der Waals surface area contributed by atoms with Crippen LogP contribution < -0.4 is 0 Å². The third-order valence-corrected chi connectivity index (χ3v) is 4.52. The van der Waals surface area contributed by atoms with E-state index in [9.17, 15) is 0 Å². The van der Waals surface area contributed by atoms with Gasteiger partial charge in [0.1, 0.15) is 0 Å². The Labute approximate surface area is 115 Å². The highest BCUT2D eigenvalue weighted by Crippen LogP contribution is 2.49. The molecule has 1 aromatic rings. The van der Waals surface area contributed by atoms with Crippen molar-refractivity contribution < 1.29 is 4.74 Å². The van der Waals surface area contributed by atoms with E-state index in [0.29, 0.717) is 5.41 Å². The number of hydrogen-bond acceptors (Lipinski definition) is 1. The van der Waals surface area contributed by atoms with Crippen LogP contribution in [0.3, 0.4) is 0 Å². The topological polar surface area (TPSA) is 9.23 Å². The summed E-state index contributed by atoms with van der Waals surface area (Å²) in [7, 11) is 0. The number of alkyl halides is 1. The minimum Gasteiger partial charge on any atom is -0.377 e. The summed E-state index contributed by atoms with van der Waals surface area (Å²) < 4.78 is 5.71. The molecule has 0 radical (unpaired) electrons. The lowest BCUT2D eigenvalue weighted by atomic mass is 9.62. The molecule has 0 aromatic heterocycles. The van der Waals surface area contributed by atoms with Gasteiger partial charge in [-0.25, -0.2) is 0 Å². The van der Waals surface area contributed by atoms with Crippen molar-refractivity contribution in [1.82, 2.24) is 0 Å². The molecule has 1 saturated carbocycles. The molecular weight excluding hydrogens is 244 g/mol. The predicted octanol–water partition coefficient (Wildman–Crippen LogP) is 4.64. The van der Waals surface area contributed by atoms with Gasteiger partial charge in [0, 0.05) is 12.5 Å². The van der Waals surface area contributed by atoms with Crippen LogP contribution in [0.25, 0.3) is 0 Å². The van der Waals surface area contributed by atoms with Crippen LogP contribution >= 0.6 is 11.6 Å². The highest BCUT2D eigenvalue weighted by Gasteiger charge is 2.40. The Kier molecular flexibility index (Phi) is 5.08. The SMILES string of the molecule is CC1CC(CCl)(CCCOCc2ccccc2)C1. The molecule has 1 aliphatic carbocycles. The van der Waals surface area contributed by atoms with Gasteiger partial charge in [0.05, 0.1) is 6.61 Å². The largest absolute Gasteiger partial charge is 0.377 e.